The number of aliphatic hydroxyl groups is 1. The van der Waals surface area contributed by atoms with E-state index < -0.39 is 33.3 Å². The van der Waals surface area contributed by atoms with Gasteiger partial charge in [0.15, 0.2) is 15.7 Å². The van der Waals surface area contributed by atoms with Crippen LogP contribution in [0.1, 0.15) is 34.2 Å². The van der Waals surface area contributed by atoms with Gasteiger partial charge in [0, 0.05) is 29.6 Å². The number of amides is 1. The van der Waals surface area contributed by atoms with E-state index in [0.29, 0.717) is 5.56 Å². The van der Waals surface area contributed by atoms with E-state index in [0.717, 1.165) is 6.26 Å². The molecule has 0 spiro atoms. The average molecular weight is 532 g/mol. The fourth-order valence-corrected chi connectivity index (χ4v) is 5.23. The van der Waals surface area contributed by atoms with Crippen molar-refractivity contribution < 1.29 is 31.5 Å². The highest BCUT2D eigenvalue weighted by Crippen LogP contribution is 2.44. The van der Waals surface area contributed by atoms with Gasteiger partial charge >= 0.3 is 6.18 Å². The maximum atomic E-state index is 14.3. The van der Waals surface area contributed by atoms with Crippen LogP contribution in [0.4, 0.5) is 18.9 Å². The molecule has 3 aromatic carbocycles. The van der Waals surface area contributed by atoms with Gasteiger partial charge in [-0.1, -0.05) is 36.4 Å². The van der Waals surface area contributed by atoms with Crippen LogP contribution < -0.4 is 5.32 Å². The topological polar surface area (TPSA) is 101 Å². The summed E-state index contributed by atoms with van der Waals surface area (Å²) in [5.74, 6) is -1.21. The minimum atomic E-state index is -5.08. The largest absolute Gasteiger partial charge is 0.428 e. The van der Waals surface area contributed by atoms with Crippen LogP contribution in [0.15, 0.2) is 71.6 Å². The van der Waals surface area contributed by atoms with Gasteiger partial charge in [0.2, 0.25) is 5.60 Å². The lowest BCUT2D eigenvalue weighted by Crippen LogP contribution is -2.45. The Morgan fingerprint density at radius 3 is 2.32 bits per heavy atom. The van der Waals surface area contributed by atoms with Gasteiger partial charge in [-0.05, 0) is 49.7 Å². The van der Waals surface area contributed by atoms with Crippen molar-refractivity contribution in [1.29, 1.82) is 0 Å². The number of rotatable bonds is 6. The molecule has 1 atom stereocenters. The molecule has 0 aliphatic carbocycles. The minimum absolute atomic E-state index is 0.0395. The first-order valence-electron chi connectivity index (χ1n) is 11.2. The molecule has 11 heteroatoms. The summed E-state index contributed by atoms with van der Waals surface area (Å²) in [6, 6.07) is 15.3. The molecular weight excluding hydrogens is 507 g/mol. The number of imidazole rings is 1. The van der Waals surface area contributed by atoms with Gasteiger partial charge in [0.1, 0.15) is 0 Å². The number of aromatic nitrogens is 2. The molecule has 1 heterocycles. The van der Waals surface area contributed by atoms with Gasteiger partial charge in [-0.2, -0.15) is 13.2 Å². The zero-order valence-electron chi connectivity index (χ0n) is 20.2. The maximum Gasteiger partial charge on any atom is 0.428 e. The van der Waals surface area contributed by atoms with E-state index in [4.69, 9.17) is 0 Å². The molecule has 1 amide bonds. The molecule has 0 fully saturated rings. The Hall–Kier alpha value is -3.70. The van der Waals surface area contributed by atoms with Crippen LogP contribution in [-0.4, -0.2) is 41.4 Å². The zero-order valence-corrected chi connectivity index (χ0v) is 21.0. The van der Waals surface area contributed by atoms with Crippen molar-refractivity contribution in [2.45, 2.75) is 37.1 Å². The fraction of sp³-hybridized carbons (Fsp3) is 0.231. The van der Waals surface area contributed by atoms with E-state index in [1.165, 1.54) is 53.1 Å². The van der Waals surface area contributed by atoms with Crippen LogP contribution in [0, 0.1) is 6.92 Å². The molecule has 4 rings (SSSR count). The van der Waals surface area contributed by atoms with Crippen LogP contribution >= 0.6 is 0 Å². The van der Waals surface area contributed by atoms with Crippen molar-refractivity contribution in [1.82, 2.24) is 9.55 Å². The van der Waals surface area contributed by atoms with E-state index in [1.807, 2.05) is 0 Å². The molecule has 7 nitrogen and oxygen atoms in total. The number of carbonyl (C=O) groups excluding carboxylic acids is 1. The van der Waals surface area contributed by atoms with Crippen molar-refractivity contribution in [2.24, 2.45) is 0 Å². The molecule has 37 heavy (non-hydrogen) atoms. The number of sulfone groups is 1. The summed E-state index contributed by atoms with van der Waals surface area (Å²) in [4.78, 5) is 17.2. The summed E-state index contributed by atoms with van der Waals surface area (Å²) >= 11 is 0. The second-order valence-corrected chi connectivity index (χ2v) is 10.6. The zero-order chi connectivity index (χ0) is 27.2. The number of alkyl halides is 3. The first kappa shape index (κ1) is 26.4. The van der Waals surface area contributed by atoms with Gasteiger partial charge in [-0.15, -0.1) is 0 Å². The lowest BCUT2D eigenvalue weighted by molar-refractivity contribution is -0.252. The number of anilines is 1. The second-order valence-electron chi connectivity index (χ2n) is 8.66. The smallest absolute Gasteiger partial charge is 0.370 e. The summed E-state index contributed by atoms with van der Waals surface area (Å²) in [5, 5.41) is 13.7. The van der Waals surface area contributed by atoms with Gasteiger partial charge < -0.3 is 15.0 Å². The molecule has 4 aromatic rings. The SMILES string of the molecule is CCn1c(C(O)(c2ccccc2)C(F)(F)F)nc2ccc(C(=O)Nc3ccc(C)c(S(C)(=O)=O)c3)cc21. The standard InChI is InChI=1S/C26H24F3N3O4S/c1-4-32-21-14-17(23(33)30-19-12-10-16(2)22(15-19)37(3,35)36)11-13-20(21)31-24(32)25(34,26(27,28)29)18-8-6-5-7-9-18/h5-15,34H,4H2,1-3H3,(H,30,33). The number of benzene rings is 3. The maximum absolute atomic E-state index is 14.3. The molecular formula is C26H24F3N3O4S. The third-order valence-electron chi connectivity index (χ3n) is 6.10. The third-order valence-corrected chi connectivity index (χ3v) is 7.34. The second kappa shape index (κ2) is 9.31. The predicted molar refractivity (Wildman–Crippen MR) is 133 cm³/mol. The van der Waals surface area contributed by atoms with E-state index in [2.05, 4.69) is 10.3 Å². The molecule has 1 unspecified atom stereocenters. The predicted octanol–water partition coefficient (Wildman–Crippen LogP) is 4.82. The van der Waals surface area contributed by atoms with Crippen molar-refractivity contribution in [2.75, 3.05) is 11.6 Å². The van der Waals surface area contributed by atoms with Crippen LogP contribution in [0.2, 0.25) is 0 Å². The first-order valence-corrected chi connectivity index (χ1v) is 13.1. The minimum Gasteiger partial charge on any atom is -0.370 e. The monoisotopic (exact) mass is 531 g/mol. The molecule has 0 radical (unpaired) electrons. The third kappa shape index (κ3) is 4.72. The van der Waals surface area contributed by atoms with Gasteiger partial charge in [-0.25, -0.2) is 13.4 Å². The highest BCUT2D eigenvalue weighted by molar-refractivity contribution is 7.90. The Kier molecular flexibility index (Phi) is 6.63. The number of hydrogen-bond acceptors (Lipinski definition) is 5. The number of hydrogen-bond donors (Lipinski definition) is 2. The molecule has 0 saturated heterocycles. The molecule has 194 valence electrons. The number of nitrogens with zero attached hydrogens (tertiary/aromatic N) is 2. The molecule has 0 aliphatic rings. The van der Waals surface area contributed by atoms with Crippen LogP contribution in [0.25, 0.3) is 11.0 Å². The van der Waals surface area contributed by atoms with E-state index >= 15 is 0 Å². The van der Waals surface area contributed by atoms with Crippen molar-refractivity contribution in [3.05, 3.63) is 89.2 Å². The lowest BCUT2D eigenvalue weighted by Gasteiger charge is -2.30. The van der Waals surface area contributed by atoms with Crippen molar-refractivity contribution in [3.63, 3.8) is 0 Å². The Labute approximate surface area is 211 Å². The van der Waals surface area contributed by atoms with E-state index in [1.54, 1.807) is 32.0 Å². The fourth-order valence-electron chi connectivity index (χ4n) is 4.24. The molecule has 0 bridgehead atoms. The highest BCUT2D eigenvalue weighted by atomic mass is 32.2. The Morgan fingerprint density at radius 1 is 1.05 bits per heavy atom. The average Bonchev–Trinajstić information content (AvgIpc) is 3.22. The van der Waals surface area contributed by atoms with Gasteiger partial charge in [-0.3, -0.25) is 4.79 Å². The number of halogens is 3. The van der Waals surface area contributed by atoms with E-state index in [9.17, 15) is 31.5 Å². The van der Waals surface area contributed by atoms with Crippen LogP contribution in [0.5, 0.6) is 0 Å². The first-order chi connectivity index (χ1) is 17.3. The summed E-state index contributed by atoms with van der Waals surface area (Å²) in [6.07, 6.45) is -4.01. The number of nitrogens with one attached hydrogen (secondary N) is 1. The Balaban J connectivity index is 1.79. The summed E-state index contributed by atoms with van der Waals surface area (Å²) < 4.78 is 68.2. The lowest BCUT2D eigenvalue weighted by atomic mass is 9.92. The molecule has 0 aliphatic heterocycles. The summed E-state index contributed by atoms with van der Waals surface area (Å²) in [6.45, 7) is 3.28. The molecule has 1 aromatic heterocycles. The number of carbonyl (C=O) groups is 1. The Bertz CT molecular complexity index is 1600. The normalized spacial score (nSPS) is 13.9. The van der Waals surface area contributed by atoms with Gasteiger partial charge in [0.05, 0.1) is 15.9 Å². The molecule has 2 N–H and O–H groups in total. The summed E-state index contributed by atoms with van der Waals surface area (Å²) in [7, 11) is -3.52. The van der Waals surface area contributed by atoms with Crippen LogP contribution in [0.3, 0.4) is 0 Å². The molecule has 0 saturated carbocycles. The quantitative estimate of drug-likeness (QED) is 0.372. The highest BCUT2D eigenvalue weighted by Gasteiger charge is 2.59. The van der Waals surface area contributed by atoms with E-state index in [-0.39, 0.29) is 39.3 Å². The van der Waals surface area contributed by atoms with Crippen molar-refractivity contribution in [3.8, 4) is 0 Å². The van der Waals surface area contributed by atoms with Crippen LogP contribution in [-0.2, 0) is 22.0 Å². The summed E-state index contributed by atoms with van der Waals surface area (Å²) in [5.41, 5.74) is -2.48. The Morgan fingerprint density at radius 2 is 1.73 bits per heavy atom. The number of fused-ring (bicyclic) bond motifs is 1. The number of aryl methyl sites for hydroxylation is 2. The van der Waals surface area contributed by atoms with Gasteiger partial charge in [0.25, 0.3) is 5.91 Å². The van der Waals surface area contributed by atoms with Crippen molar-refractivity contribution >= 4 is 32.5 Å².